The Bertz CT molecular complexity index is 740. The second kappa shape index (κ2) is 5.87. The standard InChI is InChI=1S/C16H20N2O2S/c1-11-9-10-15(17)16(12(11)2)21(19,20)18-13(3)14-7-5-4-6-8-14/h4-10,13,18H,17H2,1-3H3/t13-/m1/s1. The van der Waals surface area contributed by atoms with Gasteiger partial charge >= 0.3 is 0 Å². The molecule has 0 saturated carbocycles. The van der Waals surface area contributed by atoms with E-state index in [2.05, 4.69) is 4.72 Å². The SMILES string of the molecule is Cc1ccc(N)c(S(=O)(=O)N[C@H](C)c2ccccc2)c1C. The molecule has 0 aliphatic carbocycles. The van der Waals surface area contributed by atoms with Gasteiger partial charge in [0.15, 0.2) is 0 Å². The summed E-state index contributed by atoms with van der Waals surface area (Å²) in [6, 6.07) is 12.6. The summed E-state index contributed by atoms with van der Waals surface area (Å²) in [5, 5.41) is 0. The van der Waals surface area contributed by atoms with Gasteiger partial charge in [-0.2, -0.15) is 0 Å². The monoisotopic (exact) mass is 304 g/mol. The fourth-order valence-corrected chi connectivity index (χ4v) is 3.93. The van der Waals surface area contributed by atoms with Crippen molar-refractivity contribution in [3.8, 4) is 0 Å². The molecule has 2 rings (SSSR count). The summed E-state index contributed by atoms with van der Waals surface area (Å²) in [6.45, 7) is 5.45. The number of nitrogens with one attached hydrogen (secondary N) is 1. The van der Waals surface area contributed by atoms with Crippen LogP contribution in [0.2, 0.25) is 0 Å². The Morgan fingerprint density at radius 2 is 1.67 bits per heavy atom. The molecular formula is C16H20N2O2S. The molecule has 0 fully saturated rings. The van der Waals surface area contributed by atoms with E-state index in [4.69, 9.17) is 5.73 Å². The number of hydrogen-bond donors (Lipinski definition) is 2. The van der Waals surface area contributed by atoms with Crippen molar-refractivity contribution >= 4 is 15.7 Å². The molecule has 0 aliphatic rings. The predicted octanol–water partition coefficient (Wildman–Crippen LogP) is 2.93. The number of anilines is 1. The van der Waals surface area contributed by atoms with Gasteiger partial charge in [-0.05, 0) is 43.5 Å². The van der Waals surface area contributed by atoms with Gasteiger partial charge in [0.05, 0.1) is 5.69 Å². The Morgan fingerprint density at radius 1 is 1.05 bits per heavy atom. The van der Waals surface area contributed by atoms with E-state index in [1.54, 1.807) is 13.0 Å². The summed E-state index contributed by atoms with van der Waals surface area (Å²) in [7, 11) is -3.67. The molecule has 0 aromatic heterocycles. The number of rotatable bonds is 4. The molecule has 112 valence electrons. The third kappa shape index (κ3) is 3.25. The third-order valence-corrected chi connectivity index (χ3v) is 5.35. The molecule has 21 heavy (non-hydrogen) atoms. The summed E-state index contributed by atoms with van der Waals surface area (Å²) >= 11 is 0. The average Bonchev–Trinajstić information content (AvgIpc) is 2.43. The highest BCUT2D eigenvalue weighted by Gasteiger charge is 2.23. The number of nitrogen functional groups attached to an aromatic ring is 1. The second-order valence-electron chi connectivity index (χ2n) is 5.18. The Kier molecular flexibility index (Phi) is 4.34. The van der Waals surface area contributed by atoms with Crippen LogP contribution in [0.4, 0.5) is 5.69 Å². The lowest BCUT2D eigenvalue weighted by Crippen LogP contribution is -2.28. The lowest BCUT2D eigenvalue weighted by Gasteiger charge is -2.18. The minimum Gasteiger partial charge on any atom is -0.398 e. The zero-order valence-electron chi connectivity index (χ0n) is 12.4. The maximum atomic E-state index is 12.6. The molecule has 0 radical (unpaired) electrons. The van der Waals surface area contributed by atoms with Crippen molar-refractivity contribution < 1.29 is 8.42 Å². The largest absolute Gasteiger partial charge is 0.398 e. The highest BCUT2D eigenvalue weighted by molar-refractivity contribution is 7.89. The molecule has 2 aromatic carbocycles. The molecule has 4 nitrogen and oxygen atoms in total. The van der Waals surface area contributed by atoms with Crippen LogP contribution < -0.4 is 10.5 Å². The molecule has 0 unspecified atom stereocenters. The van der Waals surface area contributed by atoms with E-state index in [0.717, 1.165) is 11.1 Å². The maximum absolute atomic E-state index is 12.6. The van der Waals surface area contributed by atoms with Crippen molar-refractivity contribution in [1.29, 1.82) is 0 Å². The summed E-state index contributed by atoms with van der Waals surface area (Å²) in [5.41, 5.74) is 8.63. The zero-order chi connectivity index (χ0) is 15.6. The smallest absolute Gasteiger partial charge is 0.243 e. The Hall–Kier alpha value is -1.85. The van der Waals surface area contributed by atoms with Crippen molar-refractivity contribution in [3.63, 3.8) is 0 Å². The summed E-state index contributed by atoms with van der Waals surface area (Å²) in [5.74, 6) is 0. The quantitative estimate of drug-likeness (QED) is 0.853. The van der Waals surface area contributed by atoms with E-state index >= 15 is 0 Å². The fraction of sp³-hybridized carbons (Fsp3) is 0.250. The first-order valence-electron chi connectivity index (χ1n) is 6.76. The third-order valence-electron chi connectivity index (χ3n) is 3.61. The lowest BCUT2D eigenvalue weighted by molar-refractivity contribution is 0.566. The lowest BCUT2D eigenvalue weighted by atomic mass is 10.1. The molecule has 0 bridgehead atoms. The number of nitrogens with two attached hydrogens (primary N) is 1. The van der Waals surface area contributed by atoms with Crippen LogP contribution >= 0.6 is 0 Å². The normalized spacial score (nSPS) is 13.1. The van der Waals surface area contributed by atoms with Gasteiger partial charge in [-0.25, -0.2) is 13.1 Å². The minimum atomic E-state index is -3.67. The molecule has 0 aliphatic heterocycles. The number of benzene rings is 2. The minimum absolute atomic E-state index is 0.172. The average molecular weight is 304 g/mol. The van der Waals surface area contributed by atoms with Crippen LogP contribution in [0.1, 0.15) is 29.7 Å². The number of hydrogen-bond acceptors (Lipinski definition) is 3. The van der Waals surface area contributed by atoms with Gasteiger partial charge in [0.1, 0.15) is 4.90 Å². The molecule has 0 heterocycles. The van der Waals surface area contributed by atoms with Gasteiger partial charge in [0.2, 0.25) is 10.0 Å². The molecular weight excluding hydrogens is 284 g/mol. The van der Waals surface area contributed by atoms with Crippen molar-refractivity contribution in [2.45, 2.75) is 31.7 Å². The summed E-state index contributed by atoms with van der Waals surface area (Å²) < 4.78 is 27.9. The highest BCUT2D eigenvalue weighted by atomic mass is 32.2. The topological polar surface area (TPSA) is 72.2 Å². The van der Waals surface area contributed by atoms with Crippen molar-refractivity contribution in [2.75, 3.05) is 5.73 Å². The molecule has 0 amide bonds. The van der Waals surface area contributed by atoms with Crippen LogP contribution in [0.15, 0.2) is 47.4 Å². The first kappa shape index (κ1) is 15.5. The summed E-state index contributed by atoms with van der Waals surface area (Å²) in [6.07, 6.45) is 0. The maximum Gasteiger partial charge on any atom is 0.243 e. The molecule has 1 atom stereocenters. The van der Waals surface area contributed by atoms with Gasteiger partial charge in [-0.1, -0.05) is 36.4 Å². The first-order valence-corrected chi connectivity index (χ1v) is 8.24. The Balaban J connectivity index is 2.38. The van der Waals surface area contributed by atoms with Gasteiger partial charge in [0, 0.05) is 6.04 Å². The Morgan fingerprint density at radius 3 is 2.29 bits per heavy atom. The predicted molar refractivity (Wildman–Crippen MR) is 85.5 cm³/mol. The van der Waals surface area contributed by atoms with E-state index in [9.17, 15) is 8.42 Å². The molecule has 2 aromatic rings. The van der Waals surface area contributed by atoms with Crippen LogP contribution in [-0.4, -0.2) is 8.42 Å². The van der Waals surface area contributed by atoms with E-state index in [1.165, 1.54) is 0 Å². The second-order valence-corrected chi connectivity index (χ2v) is 6.83. The van der Waals surface area contributed by atoms with Crippen LogP contribution in [0.25, 0.3) is 0 Å². The fourth-order valence-electron chi connectivity index (χ4n) is 2.27. The van der Waals surface area contributed by atoms with E-state index in [0.29, 0.717) is 5.56 Å². The van der Waals surface area contributed by atoms with Gasteiger partial charge in [0.25, 0.3) is 0 Å². The number of aryl methyl sites for hydroxylation is 1. The van der Waals surface area contributed by atoms with Gasteiger partial charge in [-0.15, -0.1) is 0 Å². The zero-order valence-corrected chi connectivity index (χ0v) is 13.2. The summed E-state index contributed by atoms with van der Waals surface area (Å²) in [4.78, 5) is 0.172. The first-order chi connectivity index (χ1) is 9.83. The van der Waals surface area contributed by atoms with Crippen LogP contribution in [0.3, 0.4) is 0 Å². The van der Waals surface area contributed by atoms with Crippen molar-refractivity contribution in [3.05, 3.63) is 59.2 Å². The molecule has 0 saturated heterocycles. The number of sulfonamides is 1. The van der Waals surface area contributed by atoms with E-state index < -0.39 is 10.0 Å². The van der Waals surface area contributed by atoms with Crippen molar-refractivity contribution in [2.24, 2.45) is 0 Å². The van der Waals surface area contributed by atoms with Crippen LogP contribution in [0, 0.1) is 13.8 Å². The molecule has 3 N–H and O–H groups in total. The van der Waals surface area contributed by atoms with Gasteiger partial charge < -0.3 is 5.73 Å². The van der Waals surface area contributed by atoms with Crippen LogP contribution in [-0.2, 0) is 10.0 Å². The molecule has 5 heteroatoms. The van der Waals surface area contributed by atoms with E-state index in [-0.39, 0.29) is 16.6 Å². The Labute approximate surface area is 126 Å². The van der Waals surface area contributed by atoms with Crippen LogP contribution in [0.5, 0.6) is 0 Å². The van der Waals surface area contributed by atoms with Gasteiger partial charge in [-0.3, -0.25) is 0 Å². The molecule has 0 spiro atoms. The van der Waals surface area contributed by atoms with E-state index in [1.807, 2.05) is 50.2 Å². The highest BCUT2D eigenvalue weighted by Crippen LogP contribution is 2.26. The van der Waals surface area contributed by atoms with Crippen molar-refractivity contribution in [1.82, 2.24) is 4.72 Å².